The maximum atomic E-state index is 13.3. The average molecular weight is 412 g/mol. The summed E-state index contributed by atoms with van der Waals surface area (Å²) in [6.45, 7) is 9.95. The van der Waals surface area contributed by atoms with Gasteiger partial charge in [-0.25, -0.2) is 9.98 Å². The lowest BCUT2D eigenvalue weighted by Gasteiger charge is -2.31. The van der Waals surface area contributed by atoms with Crippen LogP contribution in [0, 0.1) is 10.8 Å². The number of carbonyl (C=O) groups excluding carboxylic acids is 1. The Morgan fingerprint density at radius 2 is 2.03 bits per heavy atom. The van der Waals surface area contributed by atoms with Crippen LogP contribution in [0.4, 0.5) is 0 Å². The van der Waals surface area contributed by atoms with Gasteiger partial charge in [0.05, 0.1) is 17.2 Å². The zero-order valence-corrected chi connectivity index (χ0v) is 18.6. The number of aliphatic imine (C=N–C) groups is 1. The molecule has 1 amide bonds. The summed E-state index contributed by atoms with van der Waals surface area (Å²) < 4.78 is 2.13. The number of nitrogens with zero attached hydrogens (tertiary/aromatic N) is 3. The zero-order chi connectivity index (χ0) is 21.2. The predicted molar refractivity (Wildman–Crippen MR) is 121 cm³/mol. The summed E-state index contributed by atoms with van der Waals surface area (Å²) in [6, 6.07) is 9.61. The van der Waals surface area contributed by atoms with Crippen molar-refractivity contribution in [3.05, 3.63) is 41.7 Å². The van der Waals surface area contributed by atoms with Crippen LogP contribution < -0.4 is 10.6 Å². The van der Waals surface area contributed by atoms with Gasteiger partial charge in [0.1, 0.15) is 11.7 Å². The Bertz CT molecular complexity index is 942. The van der Waals surface area contributed by atoms with Crippen molar-refractivity contribution in [3.63, 3.8) is 0 Å². The van der Waals surface area contributed by atoms with Gasteiger partial charge in [-0.1, -0.05) is 60.3 Å². The monoisotopic (exact) mass is 412 g/mol. The van der Waals surface area contributed by atoms with E-state index in [9.17, 15) is 4.79 Å². The molecule has 0 saturated heterocycles. The van der Waals surface area contributed by atoms with Gasteiger partial charge in [-0.15, -0.1) is 0 Å². The smallest absolute Gasteiger partial charge is 0.272 e. The Labute approximate surface area is 174 Å². The molecule has 0 saturated carbocycles. The predicted octanol–water partition coefficient (Wildman–Crippen LogP) is 3.07. The van der Waals surface area contributed by atoms with Crippen molar-refractivity contribution >= 4 is 26.4 Å². The van der Waals surface area contributed by atoms with E-state index in [1.807, 2.05) is 51.1 Å². The highest BCUT2D eigenvalue weighted by atomic mass is 31.0. The van der Waals surface area contributed by atoms with Crippen LogP contribution in [0.2, 0.25) is 0 Å². The summed E-state index contributed by atoms with van der Waals surface area (Å²) in [6.07, 6.45) is 0. The summed E-state index contributed by atoms with van der Waals surface area (Å²) in [7, 11) is 2.57. The van der Waals surface area contributed by atoms with Gasteiger partial charge in [0, 0.05) is 25.2 Å². The van der Waals surface area contributed by atoms with E-state index in [4.69, 9.17) is 10.4 Å². The van der Waals surface area contributed by atoms with Crippen molar-refractivity contribution in [2.45, 2.75) is 46.8 Å². The lowest BCUT2D eigenvalue weighted by Crippen LogP contribution is -2.48. The van der Waals surface area contributed by atoms with E-state index in [1.165, 1.54) is 0 Å². The second-order valence-electron chi connectivity index (χ2n) is 8.32. The van der Waals surface area contributed by atoms with E-state index in [-0.39, 0.29) is 23.2 Å². The number of aromatic nitrogens is 2. The summed E-state index contributed by atoms with van der Waals surface area (Å²) in [5, 5.41) is 14.1. The number of hydrogen-bond acceptors (Lipinski definition) is 4. The molecule has 7 nitrogen and oxygen atoms in total. The lowest BCUT2D eigenvalue weighted by atomic mass is 9.87. The van der Waals surface area contributed by atoms with Crippen LogP contribution >= 0.6 is 9.24 Å². The summed E-state index contributed by atoms with van der Waals surface area (Å²) >= 11 is 0. The molecule has 1 aliphatic rings. The Morgan fingerprint density at radius 1 is 1.34 bits per heavy atom. The Balaban J connectivity index is 1.98. The van der Waals surface area contributed by atoms with Crippen molar-refractivity contribution in [3.8, 4) is 11.4 Å². The Kier molecular flexibility index (Phi) is 6.30. The fourth-order valence-electron chi connectivity index (χ4n) is 3.49. The lowest BCUT2D eigenvalue weighted by molar-refractivity contribution is 0.0920. The number of fused-ring (bicyclic) bond motifs is 1. The molecule has 0 aliphatic carbocycles. The topological polar surface area (TPSA) is 95.2 Å². The molecular weight excluding hydrogens is 383 g/mol. The standard InChI is InChI=1S/C21H29N6OP/c1-13(22)24-20(29)17(21(2,3)4)26-19(28)16-15-12-23-10-11-27(15)18(25-16)14-8-6-5-7-9-14/h5-9,17,22-23H,10-12,29H2,1-4H3,(H,26,28)/b22-13?,24-20-/t17-/m1/s1. The van der Waals surface area contributed by atoms with E-state index >= 15 is 0 Å². The van der Waals surface area contributed by atoms with E-state index < -0.39 is 0 Å². The number of amides is 1. The number of nitrogens with one attached hydrogen (secondary N) is 3. The van der Waals surface area contributed by atoms with Crippen LogP contribution in [0.15, 0.2) is 35.3 Å². The normalized spacial score (nSPS) is 15.6. The fraction of sp³-hybridized carbons (Fsp3) is 0.429. The van der Waals surface area contributed by atoms with Gasteiger partial charge in [-0.05, 0) is 12.3 Å². The van der Waals surface area contributed by atoms with Gasteiger partial charge in [-0.3, -0.25) is 10.2 Å². The highest BCUT2D eigenvalue weighted by molar-refractivity contribution is 7.41. The van der Waals surface area contributed by atoms with E-state index in [1.54, 1.807) is 6.92 Å². The number of imidazole rings is 1. The minimum absolute atomic E-state index is 0.202. The van der Waals surface area contributed by atoms with Gasteiger partial charge in [-0.2, -0.15) is 0 Å². The Hall–Kier alpha value is -2.37. The quantitative estimate of drug-likeness (QED) is 0.409. The maximum Gasteiger partial charge on any atom is 0.272 e. The molecule has 3 N–H and O–H groups in total. The van der Waals surface area contributed by atoms with Gasteiger partial charge in [0.2, 0.25) is 0 Å². The van der Waals surface area contributed by atoms with Gasteiger partial charge in [0.25, 0.3) is 5.91 Å². The molecule has 0 radical (unpaired) electrons. The second kappa shape index (κ2) is 8.56. The third kappa shape index (κ3) is 4.80. The van der Waals surface area contributed by atoms with E-state index in [0.29, 0.717) is 17.7 Å². The molecule has 154 valence electrons. The minimum Gasteiger partial charge on any atom is -0.342 e. The fourth-order valence-corrected chi connectivity index (χ4v) is 4.26. The van der Waals surface area contributed by atoms with Crippen LogP contribution in [0.1, 0.15) is 43.9 Å². The summed E-state index contributed by atoms with van der Waals surface area (Å²) in [4.78, 5) is 22.3. The summed E-state index contributed by atoms with van der Waals surface area (Å²) in [5.74, 6) is 0.792. The number of amidine groups is 1. The van der Waals surface area contributed by atoms with Crippen LogP contribution in [-0.2, 0) is 13.1 Å². The van der Waals surface area contributed by atoms with Crippen LogP contribution in [0.5, 0.6) is 0 Å². The molecular formula is C21H29N6OP. The van der Waals surface area contributed by atoms with Crippen LogP contribution in [0.25, 0.3) is 11.4 Å². The van der Waals surface area contributed by atoms with E-state index in [2.05, 4.69) is 29.4 Å². The first kappa shape index (κ1) is 21.3. The zero-order valence-electron chi connectivity index (χ0n) is 17.4. The molecule has 2 atom stereocenters. The molecule has 2 heterocycles. The largest absolute Gasteiger partial charge is 0.342 e. The third-order valence-corrected chi connectivity index (χ3v) is 5.32. The molecule has 3 rings (SSSR count). The SMILES string of the molecule is CC(=N)/N=C(\P)[C@@H](NC(=O)c1nc(-c2ccccc2)n2c1CNCC2)C(C)(C)C. The minimum atomic E-state index is -0.339. The molecule has 1 aromatic heterocycles. The molecule has 1 aromatic carbocycles. The number of hydrogen-bond donors (Lipinski definition) is 3. The highest BCUT2D eigenvalue weighted by Gasteiger charge is 2.32. The van der Waals surface area contributed by atoms with Crippen molar-refractivity contribution in [2.24, 2.45) is 10.4 Å². The summed E-state index contributed by atoms with van der Waals surface area (Å²) in [5.41, 5.74) is 2.69. The first-order valence-corrected chi connectivity index (χ1v) is 10.3. The van der Waals surface area contributed by atoms with Gasteiger partial charge in [0.15, 0.2) is 5.69 Å². The van der Waals surface area contributed by atoms with Crippen molar-refractivity contribution in [1.82, 2.24) is 20.2 Å². The first-order chi connectivity index (χ1) is 13.7. The molecule has 2 aromatic rings. The number of rotatable bonds is 4. The third-order valence-electron chi connectivity index (χ3n) is 4.86. The van der Waals surface area contributed by atoms with Crippen LogP contribution in [0.3, 0.4) is 0 Å². The van der Waals surface area contributed by atoms with Crippen molar-refractivity contribution in [2.75, 3.05) is 6.54 Å². The molecule has 8 heteroatoms. The van der Waals surface area contributed by atoms with Crippen LogP contribution in [-0.4, -0.2) is 39.3 Å². The molecule has 1 unspecified atom stereocenters. The first-order valence-electron chi connectivity index (χ1n) is 9.74. The van der Waals surface area contributed by atoms with E-state index in [0.717, 1.165) is 30.2 Å². The number of carbonyl (C=O) groups is 1. The maximum absolute atomic E-state index is 13.3. The Morgan fingerprint density at radius 3 is 2.66 bits per heavy atom. The molecule has 0 spiro atoms. The molecule has 0 fully saturated rings. The molecule has 0 bridgehead atoms. The average Bonchev–Trinajstić information content (AvgIpc) is 3.05. The molecule has 1 aliphatic heterocycles. The molecule has 29 heavy (non-hydrogen) atoms. The van der Waals surface area contributed by atoms with Gasteiger partial charge < -0.3 is 15.2 Å². The highest BCUT2D eigenvalue weighted by Crippen LogP contribution is 2.26. The van der Waals surface area contributed by atoms with Crippen molar-refractivity contribution < 1.29 is 4.79 Å². The van der Waals surface area contributed by atoms with Gasteiger partial charge >= 0.3 is 0 Å². The number of benzene rings is 1. The van der Waals surface area contributed by atoms with Crippen molar-refractivity contribution in [1.29, 1.82) is 5.41 Å². The second-order valence-corrected chi connectivity index (χ2v) is 8.91.